The Hall–Kier alpha value is -3.04. The van der Waals surface area contributed by atoms with Crippen molar-refractivity contribution in [3.05, 3.63) is 59.2 Å². The fourth-order valence-corrected chi connectivity index (χ4v) is 3.46. The molecule has 0 bridgehead atoms. The molecule has 0 saturated heterocycles. The Kier molecular flexibility index (Phi) is 6.73. The number of benzene rings is 2. The van der Waals surface area contributed by atoms with Gasteiger partial charge in [-0.15, -0.1) is 11.3 Å². The molecular weight excluding hydrogens is 413 g/mol. The molecule has 0 fully saturated rings. The van der Waals surface area contributed by atoms with Gasteiger partial charge >= 0.3 is 0 Å². The van der Waals surface area contributed by atoms with Gasteiger partial charge in [-0.1, -0.05) is 6.07 Å². The Balaban J connectivity index is 1.63. The number of aromatic nitrogens is 1. The highest BCUT2D eigenvalue weighted by molar-refractivity contribution is 7.80. The summed E-state index contributed by atoms with van der Waals surface area (Å²) in [6, 6.07) is 11.4. The monoisotopic (exact) mass is 431 g/mol. The van der Waals surface area contributed by atoms with Gasteiger partial charge in [-0.2, -0.15) is 0 Å². The Morgan fingerprint density at radius 1 is 1.28 bits per heavy atom. The minimum absolute atomic E-state index is 0.110. The van der Waals surface area contributed by atoms with Crippen LogP contribution in [0.1, 0.15) is 17.3 Å². The molecule has 0 saturated carbocycles. The van der Waals surface area contributed by atoms with E-state index in [0.717, 1.165) is 0 Å². The van der Waals surface area contributed by atoms with Crippen LogP contribution in [0.4, 0.5) is 9.52 Å². The summed E-state index contributed by atoms with van der Waals surface area (Å²) in [5.41, 5.74) is 1.61. The molecule has 0 aliphatic carbocycles. The van der Waals surface area contributed by atoms with Gasteiger partial charge in [0.05, 0.1) is 19.4 Å². The van der Waals surface area contributed by atoms with Gasteiger partial charge < -0.3 is 14.8 Å². The first-order valence-electron chi connectivity index (χ1n) is 8.64. The van der Waals surface area contributed by atoms with E-state index in [0.29, 0.717) is 34.3 Å². The number of nitrogens with one attached hydrogen (secondary N) is 2. The SMILES string of the molecule is CCOc1cccc(C(=O)NC(=S)Nc2nc(-c3ccc(OC)c(F)c3)cs2)c1. The highest BCUT2D eigenvalue weighted by Crippen LogP contribution is 2.28. The summed E-state index contributed by atoms with van der Waals surface area (Å²) in [5.74, 6) is -0.0578. The number of nitrogens with zero attached hydrogens (tertiary/aromatic N) is 1. The van der Waals surface area contributed by atoms with Gasteiger partial charge in [-0.25, -0.2) is 9.37 Å². The quantitative estimate of drug-likeness (QED) is 0.561. The second kappa shape index (κ2) is 9.44. The van der Waals surface area contributed by atoms with E-state index in [9.17, 15) is 9.18 Å². The molecule has 6 nitrogen and oxygen atoms in total. The molecular formula is C20H18FN3O3S2. The second-order valence-corrected chi connectivity index (χ2v) is 7.02. The summed E-state index contributed by atoms with van der Waals surface area (Å²) >= 11 is 6.48. The maximum atomic E-state index is 13.9. The molecule has 29 heavy (non-hydrogen) atoms. The lowest BCUT2D eigenvalue weighted by Crippen LogP contribution is -2.34. The third-order valence-electron chi connectivity index (χ3n) is 3.81. The zero-order valence-corrected chi connectivity index (χ0v) is 17.3. The minimum atomic E-state index is -0.468. The second-order valence-electron chi connectivity index (χ2n) is 5.76. The van der Waals surface area contributed by atoms with Gasteiger partial charge in [0.1, 0.15) is 5.75 Å². The van der Waals surface area contributed by atoms with Gasteiger partial charge in [-0.3, -0.25) is 10.1 Å². The van der Waals surface area contributed by atoms with E-state index in [1.807, 2.05) is 6.92 Å². The third-order valence-corrected chi connectivity index (χ3v) is 4.77. The van der Waals surface area contributed by atoms with E-state index in [1.54, 1.807) is 41.8 Å². The third kappa shape index (κ3) is 5.27. The first kappa shape index (κ1) is 20.7. The maximum absolute atomic E-state index is 13.9. The number of thiocarbonyl (C=S) groups is 1. The van der Waals surface area contributed by atoms with Gasteiger partial charge in [-0.05, 0) is 55.5 Å². The van der Waals surface area contributed by atoms with Gasteiger partial charge in [0, 0.05) is 16.5 Å². The lowest BCUT2D eigenvalue weighted by atomic mass is 10.1. The molecule has 150 valence electrons. The van der Waals surface area contributed by atoms with E-state index < -0.39 is 5.82 Å². The van der Waals surface area contributed by atoms with Crippen LogP contribution in [0.2, 0.25) is 0 Å². The molecule has 0 radical (unpaired) electrons. The van der Waals surface area contributed by atoms with Crippen LogP contribution in [0.25, 0.3) is 11.3 Å². The fourth-order valence-electron chi connectivity index (χ4n) is 2.49. The number of carbonyl (C=O) groups excluding carboxylic acids is 1. The number of ether oxygens (including phenoxy) is 2. The van der Waals surface area contributed by atoms with Crippen molar-refractivity contribution in [2.45, 2.75) is 6.92 Å². The number of amides is 1. The molecule has 0 atom stereocenters. The molecule has 0 aliphatic heterocycles. The van der Waals surface area contributed by atoms with Crippen molar-refractivity contribution in [3.8, 4) is 22.8 Å². The average molecular weight is 432 g/mol. The number of anilines is 1. The predicted octanol–water partition coefficient (Wildman–Crippen LogP) is 4.48. The van der Waals surface area contributed by atoms with E-state index in [-0.39, 0.29) is 16.8 Å². The van der Waals surface area contributed by atoms with Crippen LogP contribution in [-0.2, 0) is 0 Å². The Labute approximate surface area is 176 Å². The summed E-state index contributed by atoms with van der Waals surface area (Å²) in [4.78, 5) is 16.7. The zero-order chi connectivity index (χ0) is 20.8. The number of methoxy groups -OCH3 is 1. The molecule has 0 aliphatic rings. The summed E-state index contributed by atoms with van der Waals surface area (Å²) in [6.45, 7) is 2.38. The molecule has 1 heterocycles. The smallest absolute Gasteiger partial charge is 0.257 e. The standard InChI is InChI=1S/C20H18FN3O3S2/c1-3-27-14-6-4-5-13(9-14)18(25)23-19(28)24-20-22-16(11-29-20)12-7-8-17(26-2)15(21)10-12/h4-11H,3H2,1-2H3,(H2,22,23,24,25,28). The molecule has 2 N–H and O–H groups in total. The normalized spacial score (nSPS) is 10.3. The molecule has 3 aromatic rings. The van der Waals surface area contributed by atoms with Crippen LogP contribution in [0, 0.1) is 5.82 Å². The predicted molar refractivity (Wildman–Crippen MR) is 115 cm³/mol. The van der Waals surface area contributed by atoms with E-state index >= 15 is 0 Å². The van der Waals surface area contributed by atoms with Crippen molar-refractivity contribution in [2.24, 2.45) is 0 Å². The van der Waals surface area contributed by atoms with E-state index in [2.05, 4.69) is 15.6 Å². The highest BCUT2D eigenvalue weighted by Gasteiger charge is 2.12. The van der Waals surface area contributed by atoms with Crippen LogP contribution < -0.4 is 20.1 Å². The summed E-state index contributed by atoms with van der Waals surface area (Å²) < 4.78 is 24.2. The first-order chi connectivity index (χ1) is 14.0. The number of carbonyl (C=O) groups is 1. The van der Waals surface area contributed by atoms with Gasteiger partial charge in [0.2, 0.25) is 0 Å². The largest absolute Gasteiger partial charge is 0.494 e. The molecule has 9 heteroatoms. The van der Waals surface area contributed by atoms with Crippen molar-refractivity contribution in [3.63, 3.8) is 0 Å². The molecule has 3 rings (SSSR count). The zero-order valence-electron chi connectivity index (χ0n) is 15.7. The Morgan fingerprint density at radius 2 is 2.10 bits per heavy atom. The van der Waals surface area contributed by atoms with Crippen LogP contribution in [0.5, 0.6) is 11.5 Å². The summed E-state index contributed by atoms with van der Waals surface area (Å²) in [7, 11) is 1.41. The van der Waals surface area contributed by atoms with Crippen LogP contribution >= 0.6 is 23.6 Å². The van der Waals surface area contributed by atoms with Crippen molar-refractivity contribution < 1.29 is 18.7 Å². The van der Waals surface area contributed by atoms with Crippen molar-refractivity contribution in [2.75, 3.05) is 19.0 Å². The number of hydrogen-bond acceptors (Lipinski definition) is 6. The molecule has 1 amide bonds. The number of hydrogen-bond donors (Lipinski definition) is 2. The molecule has 1 aromatic heterocycles. The van der Waals surface area contributed by atoms with Gasteiger partial charge in [0.15, 0.2) is 21.8 Å². The van der Waals surface area contributed by atoms with Crippen LogP contribution in [-0.4, -0.2) is 29.7 Å². The van der Waals surface area contributed by atoms with Crippen molar-refractivity contribution >= 4 is 39.7 Å². The molecule has 0 unspecified atom stereocenters. The topological polar surface area (TPSA) is 72.5 Å². The van der Waals surface area contributed by atoms with Gasteiger partial charge in [0.25, 0.3) is 5.91 Å². The number of rotatable bonds is 6. The van der Waals surface area contributed by atoms with Crippen LogP contribution in [0.3, 0.4) is 0 Å². The fraction of sp³-hybridized carbons (Fsp3) is 0.150. The highest BCUT2D eigenvalue weighted by atomic mass is 32.1. The number of thiazole rings is 1. The van der Waals surface area contributed by atoms with E-state index in [1.165, 1.54) is 24.5 Å². The average Bonchev–Trinajstić information content (AvgIpc) is 3.16. The minimum Gasteiger partial charge on any atom is -0.494 e. The molecule has 2 aromatic carbocycles. The Bertz CT molecular complexity index is 1040. The number of halogens is 1. The Morgan fingerprint density at radius 3 is 2.83 bits per heavy atom. The first-order valence-corrected chi connectivity index (χ1v) is 9.93. The lowest BCUT2D eigenvalue weighted by molar-refractivity contribution is 0.0977. The van der Waals surface area contributed by atoms with Crippen molar-refractivity contribution in [1.82, 2.24) is 10.3 Å². The van der Waals surface area contributed by atoms with E-state index in [4.69, 9.17) is 21.7 Å². The van der Waals surface area contributed by atoms with Crippen molar-refractivity contribution in [1.29, 1.82) is 0 Å². The maximum Gasteiger partial charge on any atom is 0.257 e. The lowest BCUT2D eigenvalue weighted by Gasteiger charge is -2.09. The summed E-state index contributed by atoms with van der Waals surface area (Å²) in [6.07, 6.45) is 0. The molecule has 0 spiro atoms. The summed E-state index contributed by atoms with van der Waals surface area (Å²) in [5, 5.41) is 7.82. The van der Waals surface area contributed by atoms with Crippen LogP contribution in [0.15, 0.2) is 47.8 Å².